The molecule has 0 bridgehead atoms. The van der Waals surface area contributed by atoms with Crippen molar-refractivity contribution in [2.75, 3.05) is 47.4 Å². The van der Waals surface area contributed by atoms with E-state index in [1.807, 2.05) is 6.07 Å². The number of methoxy groups -OCH3 is 4. The molecule has 18 nitrogen and oxygen atoms in total. The van der Waals surface area contributed by atoms with Gasteiger partial charge in [0.15, 0.2) is 28.7 Å². The second-order valence-electron chi connectivity index (χ2n) is 17.7. The summed E-state index contributed by atoms with van der Waals surface area (Å²) >= 11 is 0. The highest BCUT2D eigenvalue weighted by Crippen LogP contribution is 2.41. The molecule has 20 heteroatoms. The van der Waals surface area contributed by atoms with Crippen LogP contribution < -0.4 is 24.7 Å². The van der Waals surface area contributed by atoms with Crippen LogP contribution in [0.1, 0.15) is 11.1 Å². The molecule has 0 aliphatic carbocycles. The summed E-state index contributed by atoms with van der Waals surface area (Å²) in [4.78, 5) is 34.5. The van der Waals surface area contributed by atoms with Gasteiger partial charge in [0, 0.05) is 34.7 Å². The molecule has 0 fully saturated rings. The van der Waals surface area contributed by atoms with E-state index < -0.39 is 27.0 Å². The zero-order valence-electron chi connectivity index (χ0n) is 39.3. The van der Waals surface area contributed by atoms with Crippen LogP contribution in [0.5, 0.6) is 34.5 Å². The minimum absolute atomic E-state index is 0.0516. The van der Waals surface area contributed by atoms with E-state index >= 15 is 0 Å². The van der Waals surface area contributed by atoms with E-state index in [0.717, 1.165) is 35.2 Å². The molecule has 2 N–H and O–H groups in total. The molecule has 0 aliphatic rings. The third-order valence-corrected chi connectivity index (χ3v) is 13.6. The van der Waals surface area contributed by atoms with E-state index in [1.54, 1.807) is 71.2 Å². The molecular weight excluding hydrogens is 885 g/mol. The normalized spacial score (nSPS) is 11.5. The molecule has 0 unspecified atom stereocenters. The Kier molecular flexibility index (Phi) is 17.3. The molecule has 0 spiro atoms. The van der Waals surface area contributed by atoms with Gasteiger partial charge in [-0.15, -0.1) is 0 Å². The smallest absolute Gasteiger partial charge is 0.322 e. The molecular formula is C46H60N6O12Si2. The number of nitro groups is 1. The first-order chi connectivity index (χ1) is 31.3. The number of aromatic nitrogens is 4. The van der Waals surface area contributed by atoms with Crippen molar-refractivity contribution in [3.63, 3.8) is 0 Å². The quantitative estimate of drug-likeness (QED) is 0.0178. The standard InChI is InChI=1S/C23H29N3O7Si.C23H31N3O5Si/c1-30-21-12-16(13-22(27)31-2)6-8-19(21)33-20-9-7-18-17(23(20)26(28)29)14-24-25(18)15-32-10-11-34(3,4)5;1-28-21-12-16(13-22(27)29-2)6-8-19(21)31-20-9-7-18-17(23(20)24)14-25-26(18)15-30-10-11-32(3,4)5/h6-9,12,14H,10-11,13,15H2,1-5H3;6-9,12,14H,10-11,13,15,24H2,1-5H3. The predicted octanol–water partition coefficient (Wildman–Crippen LogP) is 9.22. The van der Waals surface area contributed by atoms with Crippen LogP contribution in [0.2, 0.25) is 51.4 Å². The number of rotatable bonds is 21. The molecule has 354 valence electrons. The molecule has 6 rings (SSSR count). The second-order valence-corrected chi connectivity index (χ2v) is 28.9. The van der Waals surface area contributed by atoms with Crippen molar-refractivity contribution in [3.8, 4) is 34.5 Å². The van der Waals surface area contributed by atoms with Crippen molar-refractivity contribution in [3.05, 3.63) is 94.3 Å². The minimum Gasteiger partial charge on any atom is -0.493 e. The van der Waals surface area contributed by atoms with Crippen LogP contribution in [0, 0.1) is 10.1 Å². The largest absolute Gasteiger partial charge is 0.493 e. The maximum Gasteiger partial charge on any atom is 0.322 e. The lowest BCUT2D eigenvalue weighted by Crippen LogP contribution is -2.22. The fraction of sp³-hybridized carbons (Fsp3) is 0.391. The van der Waals surface area contributed by atoms with Crippen molar-refractivity contribution in [2.24, 2.45) is 0 Å². The Morgan fingerprint density at radius 3 is 1.48 bits per heavy atom. The lowest BCUT2D eigenvalue weighted by molar-refractivity contribution is -0.383. The summed E-state index contributed by atoms with van der Waals surface area (Å²) in [6.45, 7) is 15.7. The summed E-state index contributed by atoms with van der Waals surface area (Å²) in [6.07, 6.45) is 3.38. The Morgan fingerprint density at radius 2 is 1.05 bits per heavy atom. The molecule has 6 aromatic rings. The van der Waals surface area contributed by atoms with Crippen molar-refractivity contribution >= 4 is 61.3 Å². The molecule has 2 heterocycles. The Balaban J connectivity index is 0.000000248. The van der Waals surface area contributed by atoms with Gasteiger partial charge < -0.3 is 43.6 Å². The summed E-state index contributed by atoms with van der Waals surface area (Å²) in [5, 5.41) is 21.8. The lowest BCUT2D eigenvalue weighted by atomic mass is 10.1. The summed E-state index contributed by atoms with van der Waals surface area (Å²) in [6, 6.07) is 19.3. The Hall–Kier alpha value is -6.49. The topological polar surface area (TPSA) is 213 Å². The SMILES string of the molecule is COC(=O)Cc1ccc(Oc2ccc3c(cnn3COCC[Si](C)(C)C)c2N)c(OC)c1.COC(=O)Cc1ccc(Oc2ccc3c(cnn3COCC[Si](C)(C)C)c2[N+](=O)[O-])c(OC)c1. The molecule has 0 radical (unpaired) electrons. The zero-order valence-corrected chi connectivity index (χ0v) is 41.3. The Labute approximate surface area is 385 Å². The fourth-order valence-electron chi connectivity index (χ4n) is 6.43. The van der Waals surface area contributed by atoms with E-state index in [4.69, 9.17) is 38.9 Å². The van der Waals surface area contributed by atoms with Gasteiger partial charge in [-0.1, -0.05) is 51.4 Å². The lowest BCUT2D eigenvalue weighted by Gasteiger charge is -2.15. The number of ether oxygens (including phenoxy) is 8. The summed E-state index contributed by atoms with van der Waals surface area (Å²) in [7, 11) is 3.32. The number of esters is 2. The van der Waals surface area contributed by atoms with Gasteiger partial charge in [-0.05, 0) is 71.7 Å². The third-order valence-electron chi connectivity index (χ3n) is 10.2. The highest BCUT2D eigenvalue weighted by molar-refractivity contribution is 6.76. The molecule has 0 saturated heterocycles. The van der Waals surface area contributed by atoms with E-state index in [1.165, 1.54) is 33.6 Å². The van der Waals surface area contributed by atoms with Crippen molar-refractivity contribution < 1.29 is 52.4 Å². The Morgan fingerprint density at radius 1 is 0.621 bits per heavy atom. The number of nitro benzene ring substituents is 1. The van der Waals surface area contributed by atoms with Crippen LogP contribution >= 0.6 is 0 Å². The maximum absolute atomic E-state index is 11.9. The highest BCUT2D eigenvalue weighted by Gasteiger charge is 2.25. The number of nitrogens with two attached hydrogens (primary N) is 1. The van der Waals surface area contributed by atoms with Gasteiger partial charge in [0.25, 0.3) is 0 Å². The number of benzene rings is 4. The molecule has 0 aliphatic heterocycles. The first-order valence-electron chi connectivity index (χ1n) is 21.2. The van der Waals surface area contributed by atoms with E-state index in [0.29, 0.717) is 58.5 Å². The minimum atomic E-state index is -1.22. The van der Waals surface area contributed by atoms with Crippen LogP contribution in [-0.4, -0.2) is 94.2 Å². The highest BCUT2D eigenvalue weighted by atomic mass is 28.3. The van der Waals surface area contributed by atoms with Crippen molar-refractivity contribution in [2.45, 2.75) is 77.7 Å². The van der Waals surface area contributed by atoms with E-state index in [2.05, 4.69) is 54.2 Å². The number of nitrogens with zero attached hydrogens (tertiary/aromatic N) is 5. The predicted molar refractivity (Wildman–Crippen MR) is 256 cm³/mol. The number of nitrogen functional groups attached to an aromatic ring is 1. The van der Waals surface area contributed by atoms with Gasteiger partial charge in [0.2, 0.25) is 5.75 Å². The number of hydrogen-bond acceptors (Lipinski definition) is 15. The summed E-state index contributed by atoms with van der Waals surface area (Å²) < 4.78 is 47.1. The van der Waals surface area contributed by atoms with Gasteiger partial charge in [-0.3, -0.25) is 19.7 Å². The first-order valence-corrected chi connectivity index (χ1v) is 28.6. The van der Waals surface area contributed by atoms with Gasteiger partial charge in [-0.25, -0.2) is 9.36 Å². The van der Waals surface area contributed by atoms with Gasteiger partial charge >= 0.3 is 17.6 Å². The summed E-state index contributed by atoms with van der Waals surface area (Å²) in [5.41, 5.74) is 9.54. The summed E-state index contributed by atoms with van der Waals surface area (Å²) in [5.74, 6) is 1.44. The number of hydrogen-bond donors (Lipinski definition) is 1. The maximum atomic E-state index is 11.9. The first kappa shape index (κ1) is 50.5. The van der Waals surface area contributed by atoms with Gasteiger partial charge in [-0.2, -0.15) is 10.2 Å². The Bertz CT molecular complexity index is 2640. The molecule has 0 atom stereocenters. The van der Waals surface area contributed by atoms with E-state index in [9.17, 15) is 19.7 Å². The third kappa shape index (κ3) is 13.8. The van der Waals surface area contributed by atoms with Crippen LogP contribution in [0.15, 0.2) is 73.1 Å². The molecule has 2 aromatic heterocycles. The van der Waals surface area contributed by atoms with Crippen LogP contribution in [-0.2, 0) is 54.8 Å². The molecule has 0 amide bonds. The number of carbonyl (C=O) groups is 2. The van der Waals surface area contributed by atoms with Crippen LogP contribution in [0.4, 0.5) is 11.4 Å². The monoisotopic (exact) mass is 944 g/mol. The molecule has 66 heavy (non-hydrogen) atoms. The van der Waals surface area contributed by atoms with Crippen molar-refractivity contribution in [1.29, 1.82) is 0 Å². The van der Waals surface area contributed by atoms with Crippen molar-refractivity contribution in [1.82, 2.24) is 19.6 Å². The average Bonchev–Trinajstić information content (AvgIpc) is 3.89. The van der Waals surface area contributed by atoms with Gasteiger partial charge in [0.1, 0.15) is 18.8 Å². The van der Waals surface area contributed by atoms with Gasteiger partial charge in [0.05, 0.1) is 75.3 Å². The van der Waals surface area contributed by atoms with Crippen LogP contribution in [0.25, 0.3) is 21.8 Å². The molecule has 4 aromatic carbocycles. The van der Waals surface area contributed by atoms with Crippen LogP contribution in [0.3, 0.4) is 0 Å². The van der Waals surface area contributed by atoms with E-state index in [-0.39, 0.29) is 42.7 Å². The zero-order chi connectivity index (χ0) is 48.2. The fourth-order valence-corrected chi connectivity index (χ4v) is 7.94. The second kappa shape index (κ2) is 22.6. The average molecular weight is 945 g/mol. The number of carbonyl (C=O) groups excluding carboxylic acids is 2. The number of anilines is 1. The molecule has 0 saturated carbocycles. The number of fused-ring (bicyclic) bond motifs is 2.